The van der Waals surface area contributed by atoms with E-state index >= 15 is 0 Å². The number of nitrogens with one attached hydrogen (secondary N) is 2. The molecule has 4 fully saturated rings. The lowest BCUT2D eigenvalue weighted by Crippen LogP contribution is -2.64. The maximum Gasteiger partial charge on any atom is 0.312 e. The predicted octanol–water partition coefficient (Wildman–Crippen LogP) is 3.21. The van der Waals surface area contributed by atoms with Crippen molar-refractivity contribution in [1.29, 1.82) is 0 Å². The Kier molecular flexibility index (Phi) is 5.13. The molecular formula is C23H30N2O4. The highest BCUT2D eigenvalue weighted by Crippen LogP contribution is 2.62. The van der Waals surface area contributed by atoms with E-state index in [0.717, 1.165) is 38.5 Å². The largest absolute Gasteiger partial charge is 0.455 e. The zero-order valence-corrected chi connectivity index (χ0v) is 17.3. The zero-order valence-electron chi connectivity index (χ0n) is 17.3. The van der Waals surface area contributed by atoms with Crippen molar-refractivity contribution in [3.05, 3.63) is 29.8 Å². The molecule has 0 saturated heterocycles. The number of hydrogen-bond donors (Lipinski definition) is 2. The third kappa shape index (κ3) is 4.02. The first kappa shape index (κ1) is 19.9. The van der Waals surface area contributed by atoms with Gasteiger partial charge in [-0.05, 0) is 74.5 Å². The molecule has 6 heteroatoms. The summed E-state index contributed by atoms with van der Waals surface area (Å²) >= 11 is 0. The van der Waals surface area contributed by atoms with E-state index in [-0.39, 0.29) is 29.9 Å². The van der Waals surface area contributed by atoms with Crippen LogP contribution in [0.4, 0.5) is 5.69 Å². The van der Waals surface area contributed by atoms with Crippen molar-refractivity contribution in [2.75, 3.05) is 11.9 Å². The number of esters is 1. The fourth-order valence-corrected chi connectivity index (χ4v) is 6.33. The molecule has 2 N–H and O–H groups in total. The molecule has 0 radical (unpaired) electrons. The molecule has 0 aromatic heterocycles. The Bertz CT molecular complexity index is 803. The smallest absolute Gasteiger partial charge is 0.312 e. The Hall–Kier alpha value is -2.37. The standard InChI is InChI=1S/C23H30N2O4/c1-3-16-4-6-19(7-5-16)24-20(27)13-29-21(28)22-9-17-8-18(10-22)12-23(11-17,14-22)25-15(2)26/h4-7,17-18H,3,8-14H2,1-2H3,(H,24,27)(H,25,26). The van der Waals surface area contributed by atoms with Crippen LogP contribution >= 0.6 is 0 Å². The minimum Gasteiger partial charge on any atom is -0.455 e. The lowest BCUT2D eigenvalue weighted by atomic mass is 9.47. The van der Waals surface area contributed by atoms with Gasteiger partial charge in [-0.3, -0.25) is 14.4 Å². The molecular weight excluding hydrogens is 368 g/mol. The van der Waals surface area contributed by atoms with E-state index < -0.39 is 5.41 Å². The predicted molar refractivity (Wildman–Crippen MR) is 109 cm³/mol. The maximum absolute atomic E-state index is 13.1. The summed E-state index contributed by atoms with van der Waals surface area (Å²) in [5, 5.41) is 5.93. The van der Waals surface area contributed by atoms with Gasteiger partial charge in [-0.15, -0.1) is 0 Å². The third-order valence-electron chi connectivity index (χ3n) is 6.92. The molecule has 156 valence electrons. The van der Waals surface area contributed by atoms with E-state index in [0.29, 0.717) is 23.9 Å². The van der Waals surface area contributed by atoms with Crippen LogP contribution < -0.4 is 10.6 Å². The van der Waals surface area contributed by atoms with Crippen LogP contribution in [0.5, 0.6) is 0 Å². The number of aryl methyl sites for hydroxylation is 1. The van der Waals surface area contributed by atoms with Gasteiger partial charge in [0.1, 0.15) is 0 Å². The van der Waals surface area contributed by atoms with E-state index in [2.05, 4.69) is 17.6 Å². The molecule has 5 rings (SSSR count). The van der Waals surface area contributed by atoms with E-state index in [1.54, 1.807) is 6.92 Å². The molecule has 1 aromatic carbocycles. The van der Waals surface area contributed by atoms with Crippen molar-refractivity contribution in [2.45, 2.75) is 64.3 Å². The van der Waals surface area contributed by atoms with Crippen LogP contribution in [0.15, 0.2) is 24.3 Å². The Morgan fingerprint density at radius 1 is 1.07 bits per heavy atom. The Morgan fingerprint density at radius 2 is 1.72 bits per heavy atom. The van der Waals surface area contributed by atoms with Gasteiger partial charge in [0.25, 0.3) is 5.91 Å². The summed E-state index contributed by atoms with van der Waals surface area (Å²) in [7, 11) is 0. The lowest BCUT2D eigenvalue weighted by Gasteiger charge is -2.60. The van der Waals surface area contributed by atoms with Gasteiger partial charge in [-0.2, -0.15) is 0 Å². The van der Waals surface area contributed by atoms with Crippen molar-refractivity contribution < 1.29 is 19.1 Å². The molecule has 4 aliphatic carbocycles. The summed E-state index contributed by atoms with van der Waals surface area (Å²) in [5.74, 6) is 0.244. The third-order valence-corrected chi connectivity index (χ3v) is 6.92. The topological polar surface area (TPSA) is 84.5 Å². The van der Waals surface area contributed by atoms with Crippen LogP contribution in [0.1, 0.15) is 57.9 Å². The molecule has 29 heavy (non-hydrogen) atoms. The van der Waals surface area contributed by atoms with Gasteiger partial charge in [-0.25, -0.2) is 0 Å². The van der Waals surface area contributed by atoms with Crippen LogP contribution in [0.3, 0.4) is 0 Å². The van der Waals surface area contributed by atoms with Gasteiger partial charge in [-0.1, -0.05) is 19.1 Å². The molecule has 2 unspecified atom stereocenters. The van der Waals surface area contributed by atoms with Crippen molar-refractivity contribution in [3.63, 3.8) is 0 Å². The summed E-state index contributed by atoms with van der Waals surface area (Å²) in [6, 6.07) is 7.65. The monoisotopic (exact) mass is 398 g/mol. The molecule has 2 amide bonds. The molecule has 1 aromatic rings. The van der Waals surface area contributed by atoms with Gasteiger partial charge < -0.3 is 15.4 Å². The minimum absolute atomic E-state index is 0.0380. The fourth-order valence-electron chi connectivity index (χ4n) is 6.33. The maximum atomic E-state index is 13.1. The first-order chi connectivity index (χ1) is 13.8. The van der Waals surface area contributed by atoms with E-state index in [4.69, 9.17) is 4.74 Å². The van der Waals surface area contributed by atoms with Crippen molar-refractivity contribution in [2.24, 2.45) is 17.3 Å². The van der Waals surface area contributed by atoms with Crippen LogP contribution in [0.2, 0.25) is 0 Å². The first-order valence-corrected chi connectivity index (χ1v) is 10.7. The van der Waals surface area contributed by atoms with Crippen molar-refractivity contribution >= 4 is 23.5 Å². The molecule has 6 nitrogen and oxygen atoms in total. The van der Waals surface area contributed by atoms with Gasteiger partial charge in [0.2, 0.25) is 5.91 Å². The summed E-state index contributed by atoms with van der Waals surface area (Å²) in [4.78, 5) is 37.1. The number of rotatable bonds is 6. The van der Waals surface area contributed by atoms with Gasteiger partial charge in [0.15, 0.2) is 6.61 Å². The summed E-state index contributed by atoms with van der Waals surface area (Å²) in [6.07, 6.45) is 6.22. The summed E-state index contributed by atoms with van der Waals surface area (Å²) < 4.78 is 5.49. The summed E-state index contributed by atoms with van der Waals surface area (Å²) in [5.41, 5.74) is 1.06. The highest BCUT2D eigenvalue weighted by atomic mass is 16.5. The Balaban J connectivity index is 1.37. The second kappa shape index (κ2) is 7.47. The molecule has 0 aliphatic heterocycles. The first-order valence-electron chi connectivity index (χ1n) is 10.7. The number of ether oxygens (including phenoxy) is 1. The molecule has 0 heterocycles. The van der Waals surface area contributed by atoms with Crippen LogP contribution in [-0.4, -0.2) is 29.9 Å². The summed E-state index contributed by atoms with van der Waals surface area (Å²) in [6.45, 7) is 3.34. The SMILES string of the molecule is CCc1ccc(NC(=O)COC(=O)C23CC4CC(CC(NC(C)=O)(C4)C2)C3)cc1. The highest BCUT2D eigenvalue weighted by Gasteiger charge is 2.61. The number of benzene rings is 1. The van der Waals surface area contributed by atoms with Crippen LogP contribution in [0, 0.1) is 17.3 Å². The highest BCUT2D eigenvalue weighted by molar-refractivity contribution is 5.93. The normalized spacial score (nSPS) is 31.9. The number of carbonyl (C=O) groups is 3. The molecule has 4 bridgehead atoms. The minimum atomic E-state index is -0.560. The van der Waals surface area contributed by atoms with Gasteiger partial charge >= 0.3 is 5.97 Å². The fraction of sp³-hybridized carbons (Fsp3) is 0.609. The van der Waals surface area contributed by atoms with Crippen molar-refractivity contribution in [3.8, 4) is 0 Å². The Morgan fingerprint density at radius 3 is 2.31 bits per heavy atom. The second-order valence-corrected chi connectivity index (χ2v) is 9.38. The Labute approximate surface area is 171 Å². The quantitative estimate of drug-likeness (QED) is 0.721. The number of carbonyl (C=O) groups excluding carboxylic acids is 3. The van der Waals surface area contributed by atoms with Crippen LogP contribution in [0.25, 0.3) is 0 Å². The molecule has 4 saturated carbocycles. The average Bonchev–Trinajstić information content (AvgIpc) is 2.64. The van der Waals surface area contributed by atoms with E-state index in [1.165, 1.54) is 5.56 Å². The van der Waals surface area contributed by atoms with Crippen LogP contribution in [-0.2, 0) is 25.5 Å². The van der Waals surface area contributed by atoms with E-state index in [9.17, 15) is 14.4 Å². The molecule has 4 aliphatic rings. The van der Waals surface area contributed by atoms with Crippen molar-refractivity contribution in [1.82, 2.24) is 5.32 Å². The zero-order chi connectivity index (χ0) is 20.6. The van der Waals surface area contributed by atoms with Gasteiger partial charge in [0.05, 0.1) is 5.41 Å². The molecule has 0 spiro atoms. The van der Waals surface area contributed by atoms with Gasteiger partial charge in [0, 0.05) is 18.2 Å². The average molecular weight is 399 g/mol. The lowest BCUT2D eigenvalue weighted by molar-refractivity contribution is -0.176. The number of hydrogen-bond acceptors (Lipinski definition) is 4. The number of anilines is 1. The molecule has 2 atom stereocenters. The second-order valence-electron chi connectivity index (χ2n) is 9.38. The van der Waals surface area contributed by atoms with E-state index in [1.807, 2.05) is 24.3 Å². The number of amides is 2.